The van der Waals surface area contributed by atoms with E-state index in [0.717, 1.165) is 23.0 Å². The molecule has 8 nitrogen and oxygen atoms in total. The van der Waals surface area contributed by atoms with Crippen LogP contribution in [0.15, 0.2) is 75.3 Å². The predicted octanol–water partition coefficient (Wildman–Crippen LogP) is 2.63. The van der Waals surface area contributed by atoms with Crippen molar-refractivity contribution in [3.63, 3.8) is 0 Å². The van der Waals surface area contributed by atoms with E-state index in [4.69, 9.17) is 0 Å². The van der Waals surface area contributed by atoms with Gasteiger partial charge in [-0.1, -0.05) is 48.0 Å². The van der Waals surface area contributed by atoms with Crippen molar-refractivity contribution in [2.45, 2.75) is 49.7 Å². The highest BCUT2D eigenvalue weighted by molar-refractivity contribution is 7.89. The van der Waals surface area contributed by atoms with Crippen LogP contribution < -0.4 is 16.0 Å². The number of sulfonamides is 1. The molecule has 1 unspecified atom stereocenters. The van der Waals surface area contributed by atoms with Crippen LogP contribution in [-0.4, -0.2) is 17.6 Å². The molecule has 0 radical (unpaired) electrons. The summed E-state index contributed by atoms with van der Waals surface area (Å²) in [5, 5.41) is 9.34. The molecule has 1 fully saturated rings. The van der Waals surface area contributed by atoms with Gasteiger partial charge in [0.2, 0.25) is 10.0 Å². The van der Waals surface area contributed by atoms with E-state index in [1.807, 2.05) is 19.1 Å². The maximum Gasteiger partial charge on any atom is 0.331 e. The Balaban J connectivity index is 1.66. The average molecular weight is 465 g/mol. The summed E-state index contributed by atoms with van der Waals surface area (Å²) in [5.41, 5.74) is 0.415. The molecule has 2 aromatic carbocycles. The van der Waals surface area contributed by atoms with Gasteiger partial charge in [0, 0.05) is 24.8 Å². The second-order valence-electron chi connectivity index (χ2n) is 8.22. The number of rotatable bonds is 8. The lowest BCUT2D eigenvalue weighted by atomic mass is 10.1. The van der Waals surface area contributed by atoms with Gasteiger partial charge in [0.25, 0.3) is 5.56 Å². The lowest BCUT2D eigenvalue weighted by Crippen LogP contribution is -2.41. The molecule has 0 aliphatic heterocycles. The molecule has 1 N–H and O–H groups in total. The third-order valence-electron chi connectivity index (χ3n) is 5.73. The first-order valence-corrected chi connectivity index (χ1v) is 12.2. The lowest BCUT2D eigenvalue weighted by molar-refractivity contribution is 0.476. The van der Waals surface area contributed by atoms with E-state index in [2.05, 4.69) is 4.72 Å². The van der Waals surface area contributed by atoms with Gasteiger partial charge in [-0.3, -0.25) is 13.9 Å². The number of aryl methyl sites for hydroxylation is 1. The monoisotopic (exact) mass is 464 g/mol. The van der Waals surface area contributed by atoms with E-state index in [9.17, 15) is 23.3 Å². The zero-order chi connectivity index (χ0) is 23.6. The Bertz CT molecular complexity index is 1410. The summed E-state index contributed by atoms with van der Waals surface area (Å²) in [7, 11) is -3.85. The molecular weight excluding hydrogens is 440 g/mol. The van der Waals surface area contributed by atoms with Crippen LogP contribution in [0.25, 0.3) is 0 Å². The van der Waals surface area contributed by atoms with Crippen molar-refractivity contribution >= 4 is 10.0 Å². The molecule has 0 saturated heterocycles. The van der Waals surface area contributed by atoms with Gasteiger partial charge < -0.3 is 0 Å². The van der Waals surface area contributed by atoms with Crippen molar-refractivity contribution in [1.29, 1.82) is 5.26 Å². The fraction of sp³-hybridized carbons (Fsp3) is 0.292. The smallest absolute Gasteiger partial charge is 0.296 e. The minimum Gasteiger partial charge on any atom is -0.296 e. The van der Waals surface area contributed by atoms with Crippen LogP contribution in [0.4, 0.5) is 0 Å². The Hall–Kier alpha value is -3.48. The van der Waals surface area contributed by atoms with Crippen molar-refractivity contribution < 1.29 is 8.42 Å². The summed E-state index contributed by atoms with van der Waals surface area (Å²) < 4.78 is 31.3. The third-order valence-corrected chi connectivity index (χ3v) is 7.22. The van der Waals surface area contributed by atoms with Crippen LogP contribution in [0.2, 0.25) is 0 Å². The maximum atomic E-state index is 13.0. The highest BCUT2D eigenvalue weighted by atomic mass is 32.2. The van der Waals surface area contributed by atoms with Crippen molar-refractivity contribution in [2.75, 3.05) is 0 Å². The van der Waals surface area contributed by atoms with Gasteiger partial charge in [-0.2, -0.15) is 5.26 Å². The molecule has 1 aliphatic carbocycles. The standard InChI is InChI=1S/C24H24N4O4S/c1-17-7-11-21(12-8-17)33(31,32)26-22(18-5-3-2-4-6-18)13-14-27-23(29)19(15-25)16-28(24(27)30)20-9-10-20/h2-8,11-12,16,20,22,26H,9-10,13-14H2,1H3. The minimum atomic E-state index is -3.85. The zero-order valence-corrected chi connectivity index (χ0v) is 19.0. The van der Waals surface area contributed by atoms with Crippen molar-refractivity contribution in [2.24, 2.45) is 0 Å². The summed E-state index contributed by atoms with van der Waals surface area (Å²) >= 11 is 0. The summed E-state index contributed by atoms with van der Waals surface area (Å²) in [4.78, 5) is 25.7. The van der Waals surface area contributed by atoms with Gasteiger partial charge >= 0.3 is 5.69 Å². The number of nitrogens with one attached hydrogen (secondary N) is 1. The molecule has 33 heavy (non-hydrogen) atoms. The van der Waals surface area contributed by atoms with E-state index in [1.54, 1.807) is 36.4 Å². The highest BCUT2D eigenvalue weighted by Gasteiger charge is 2.27. The molecule has 1 heterocycles. The fourth-order valence-corrected chi connectivity index (χ4v) is 4.98. The quantitative estimate of drug-likeness (QED) is 0.550. The molecule has 1 atom stereocenters. The van der Waals surface area contributed by atoms with E-state index in [0.29, 0.717) is 5.56 Å². The van der Waals surface area contributed by atoms with E-state index < -0.39 is 27.3 Å². The SMILES string of the molecule is Cc1ccc(S(=O)(=O)NC(CCn2c(=O)c(C#N)cn(C3CC3)c2=O)c2ccccc2)cc1. The van der Waals surface area contributed by atoms with Crippen LogP contribution >= 0.6 is 0 Å². The molecule has 9 heteroatoms. The van der Waals surface area contributed by atoms with Crippen LogP contribution in [0.1, 0.15) is 48.0 Å². The number of hydrogen-bond acceptors (Lipinski definition) is 5. The Labute approximate surface area is 191 Å². The fourth-order valence-electron chi connectivity index (χ4n) is 3.72. The molecule has 0 amide bonds. The molecule has 170 valence electrons. The number of aromatic nitrogens is 2. The molecule has 0 bridgehead atoms. The van der Waals surface area contributed by atoms with Crippen molar-refractivity contribution in [3.8, 4) is 6.07 Å². The average Bonchev–Trinajstić information content (AvgIpc) is 3.64. The first-order valence-electron chi connectivity index (χ1n) is 10.7. The molecule has 4 rings (SSSR count). The summed E-state index contributed by atoms with van der Waals surface area (Å²) in [6, 6.07) is 16.7. The van der Waals surface area contributed by atoms with Gasteiger partial charge in [0.05, 0.1) is 4.90 Å². The predicted molar refractivity (Wildman–Crippen MR) is 123 cm³/mol. The number of hydrogen-bond donors (Lipinski definition) is 1. The minimum absolute atomic E-state index is 0.00131. The number of benzene rings is 2. The van der Waals surface area contributed by atoms with Crippen molar-refractivity contribution in [1.82, 2.24) is 13.9 Å². The van der Waals surface area contributed by atoms with E-state index in [1.165, 1.54) is 22.9 Å². The van der Waals surface area contributed by atoms with Crippen LogP contribution in [0, 0.1) is 18.3 Å². The Morgan fingerprint density at radius 3 is 2.36 bits per heavy atom. The van der Waals surface area contributed by atoms with Gasteiger partial charge in [-0.25, -0.2) is 17.9 Å². The van der Waals surface area contributed by atoms with Gasteiger partial charge in [-0.15, -0.1) is 0 Å². The topological polar surface area (TPSA) is 114 Å². The number of nitriles is 1. The maximum absolute atomic E-state index is 13.0. The van der Waals surface area contributed by atoms with Gasteiger partial charge in [0.15, 0.2) is 0 Å². The van der Waals surface area contributed by atoms with Gasteiger partial charge in [0.1, 0.15) is 11.6 Å². The van der Waals surface area contributed by atoms with Crippen LogP contribution in [0.5, 0.6) is 0 Å². The molecule has 1 saturated carbocycles. The number of nitrogens with zero attached hydrogens (tertiary/aromatic N) is 3. The van der Waals surface area contributed by atoms with Crippen LogP contribution in [-0.2, 0) is 16.6 Å². The molecule has 1 aliphatic rings. The first kappa shape index (κ1) is 22.7. The second-order valence-corrected chi connectivity index (χ2v) is 9.93. The van der Waals surface area contributed by atoms with Crippen molar-refractivity contribution in [3.05, 3.63) is 98.3 Å². The zero-order valence-electron chi connectivity index (χ0n) is 18.1. The highest BCUT2D eigenvalue weighted by Crippen LogP contribution is 2.33. The molecule has 0 spiro atoms. The van der Waals surface area contributed by atoms with E-state index >= 15 is 0 Å². The molecule has 3 aromatic rings. The third kappa shape index (κ3) is 4.97. The lowest BCUT2D eigenvalue weighted by Gasteiger charge is -2.20. The summed E-state index contributed by atoms with van der Waals surface area (Å²) in [6.45, 7) is 1.84. The molecular formula is C24H24N4O4S. The summed E-state index contributed by atoms with van der Waals surface area (Å²) in [6.07, 6.45) is 3.13. The Kier molecular flexibility index (Phi) is 6.31. The van der Waals surface area contributed by atoms with Crippen LogP contribution in [0.3, 0.4) is 0 Å². The Morgan fingerprint density at radius 2 is 1.76 bits per heavy atom. The largest absolute Gasteiger partial charge is 0.331 e. The Morgan fingerprint density at radius 1 is 1.09 bits per heavy atom. The molecule has 1 aromatic heterocycles. The summed E-state index contributed by atoms with van der Waals surface area (Å²) in [5.74, 6) is 0. The van der Waals surface area contributed by atoms with E-state index in [-0.39, 0.29) is 29.5 Å². The van der Waals surface area contributed by atoms with Gasteiger partial charge in [-0.05, 0) is 43.9 Å². The normalized spacial score (nSPS) is 14.5. The first-order chi connectivity index (χ1) is 15.8. The second kappa shape index (κ2) is 9.17.